The second-order valence-corrected chi connectivity index (χ2v) is 6.99. The van der Waals surface area contributed by atoms with Crippen molar-refractivity contribution in [3.8, 4) is 5.88 Å². The molecule has 3 aromatic heterocycles. The Morgan fingerprint density at radius 2 is 2.03 bits per heavy atom. The van der Waals surface area contributed by atoms with Crippen LogP contribution in [0.4, 0.5) is 11.8 Å². The minimum absolute atomic E-state index is 0.263. The van der Waals surface area contributed by atoms with Crippen LogP contribution < -0.4 is 20.3 Å². The molecule has 0 saturated carbocycles. The van der Waals surface area contributed by atoms with Gasteiger partial charge in [-0.3, -0.25) is 4.79 Å². The van der Waals surface area contributed by atoms with Crippen LogP contribution >= 0.6 is 0 Å². The molecule has 0 atom stereocenters. The van der Waals surface area contributed by atoms with Gasteiger partial charge in [0.1, 0.15) is 11.4 Å². The van der Waals surface area contributed by atoms with E-state index in [-0.39, 0.29) is 17.4 Å². The van der Waals surface area contributed by atoms with E-state index in [1.54, 1.807) is 6.20 Å². The van der Waals surface area contributed by atoms with E-state index in [2.05, 4.69) is 30.6 Å². The zero-order valence-electron chi connectivity index (χ0n) is 16.9. The lowest BCUT2D eigenvalue weighted by atomic mass is 10.1. The van der Waals surface area contributed by atoms with E-state index >= 15 is 0 Å². The quantitative estimate of drug-likeness (QED) is 0.640. The van der Waals surface area contributed by atoms with Crippen LogP contribution in [0.2, 0.25) is 0 Å². The molecule has 10 heteroatoms. The average Bonchev–Trinajstić information content (AvgIpc) is 3.02. The summed E-state index contributed by atoms with van der Waals surface area (Å²) in [5, 5.41) is 6.02. The first kappa shape index (κ1) is 19.1. The lowest BCUT2D eigenvalue weighted by Gasteiger charge is -2.39. The standard InChI is InChI=1S/C19H24N8O2/c1-5-29-18-14(6-21-19(25-18)27-8-13(9-27)20-4)17(28)24-15-10-26-7-11(2)22-16(26)12(3)23-15/h6-7,10,13,20H,5,8-9H2,1-4H3,(H,24,28). The predicted molar refractivity (Wildman–Crippen MR) is 109 cm³/mol. The van der Waals surface area contributed by atoms with Gasteiger partial charge in [0.15, 0.2) is 5.65 Å². The lowest BCUT2D eigenvalue weighted by Crippen LogP contribution is -2.57. The highest BCUT2D eigenvalue weighted by atomic mass is 16.5. The maximum absolute atomic E-state index is 12.9. The van der Waals surface area contributed by atoms with Gasteiger partial charge in [-0.2, -0.15) is 4.98 Å². The number of hydrogen-bond acceptors (Lipinski definition) is 8. The number of aromatic nitrogens is 5. The van der Waals surface area contributed by atoms with Gasteiger partial charge in [-0.05, 0) is 27.8 Å². The van der Waals surface area contributed by atoms with E-state index in [9.17, 15) is 4.79 Å². The average molecular weight is 396 g/mol. The van der Waals surface area contributed by atoms with Crippen molar-refractivity contribution in [2.75, 3.05) is 37.0 Å². The molecule has 4 heterocycles. The minimum Gasteiger partial charge on any atom is -0.477 e. The summed E-state index contributed by atoms with van der Waals surface area (Å²) in [6, 6.07) is 0.424. The minimum atomic E-state index is -0.375. The molecule has 1 amide bonds. The Morgan fingerprint density at radius 1 is 1.24 bits per heavy atom. The fourth-order valence-corrected chi connectivity index (χ4v) is 3.25. The van der Waals surface area contributed by atoms with E-state index in [1.807, 2.05) is 43.3 Å². The van der Waals surface area contributed by atoms with Crippen molar-refractivity contribution in [2.24, 2.45) is 0 Å². The van der Waals surface area contributed by atoms with Gasteiger partial charge < -0.3 is 24.7 Å². The highest BCUT2D eigenvalue weighted by molar-refractivity contribution is 6.05. The molecule has 29 heavy (non-hydrogen) atoms. The van der Waals surface area contributed by atoms with E-state index in [1.165, 1.54) is 6.20 Å². The first-order chi connectivity index (χ1) is 14.0. The highest BCUT2D eigenvalue weighted by Gasteiger charge is 2.28. The maximum Gasteiger partial charge on any atom is 0.263 e. The molecule has 152 valence electrons. The number of likely N-dealkylation sites (N-methyl/N-ethyl adjacent to an activating group) is 1. The van der Waals surface area contributed by atoms with Crippen LogP contribution in [0.25, 0.3) is 5.65 Å². The smallest absolute Gasteiger partial charge is 0.263 e. The number of carbonyl (C=O) groups is 1. The van der Waals surface area contributed by atoms with Crippen molar-refractivity contribution in [3.63, 3.8) is 0 Å². The van der Waals surface area contributed by atoms with E-state index < -0.39 is 0 Å². The molecule has 0 aromatic carbocycles. The molecule has 1 aliphatic rings. The Hall–Kier alpha value is -3.27. The zero-order chi connectivity index (χ0) is 20.5. The fraction of sp³-hybridized carbons (Fsp3) is 0.421. The summed E-state index contributed by atoms with van der Waals surface area (Å²) in [7, 11) is 1.93. The molecule has 0 spiro atoms. The van der Waals surface area contributed by atoms with Crippen LogP contribution in [0.1, 0.15) is 28.7 Å². The summed E-state index contributed by atoms with van der Waals surface area (Å²) < 4.78 is 7.46. The lowest BCUT2D eigenvalue weighted by molar-refractivity contribution is 0.102. The molecule has 1 saturated heterocycles. The molecule has 10 nitrogen and oxygen atoms in total. The summed E-state index contributed by atoms with van der Waals surface area (Å²) >= 11 is 0. The largest absolute Gasteiger partial charge is 0.477 e. The number of carbonyl (C=O) groups excluding carboxylic acids is 1. The van der Waals surface area contributed by atoms with Crippen LogP contribution in [0.5, 0.6) is 5.88 Å². The van der Waals surface area contributed by atoms with Gasteiger partial charge in [0.2, 0.25) is 11.8 Å². The number of nitrogens with one attached hydrogen (secondary N) is 2. The zero-order valence-corrected chi connectivity index (χ0v) is 16.9. The number of rotatable bonds is 6. The summed E-state index contributed by atoms with van der Waals surface area (Å²) in [6.07, 6.45) is 5.12. The third-order valence-corrected chi connectivity index (χ3v) is 4.81. The van der Waals surface area contributed by atoms with Crippen LogP contribution in [-0.2, 0) is 0 Å². The summed E-state index contributed by atoms with van der Waals surface area (Å²) in [6.45, 7) is 7.65. The first-order valence-electron chi connectivity index (χ1n) is 9.54. The highest BCUT2D eigenvalue weighted by Crippen LogP contribution is 2.23. The maximum atomic E-state index is 12.9. The van der Waals surface area contributed by atoms with E-state index in [4.69, 9.17) is 4.74 Å². The fourth-order valence-electron chi connectivity index (χ4n) is 3.25. The SMILES string of the molecule is CCOc1nc(N2CC(NC)C2)ncc1C(=O)Nc1cn2cc(C)nc2c(C)n1. The van der Waals surface area contributed by atoms with Gasteiger partial charge in [0.05, 0.1) is 24.2 Å². The third-order valence-electron chi connectivity index (χ3n) is 4.81. The molecule has 1 aliphatic heterocycles. The predicted octanol–water partition coefficient (Wildman–Crippen LogP) is 1.20. The number of amides is 1. The van der Waals surface area contributed by atoms with Crippen LogP contribution in [-0.4, -0.2) is 63.0 Å². The monoisotopic (exact) mass is 396 g/mol. The number of nitrogens with zero attached hydrogens (tertiary/aromatic N) is 6. The number of aryl methyl sites for hydroxylation is 2. The molecule has 0 unspecified atom stereocenters. The molecular weight excluding hydrogens is 372 g/mol. The molecule has 0 radical (unpaired) electrons. The van der Waals surface area contributed by atoms with Crippen LogP contribution in [0, 0.1) is 13.8 Å². The van der Waals surface area contributed by atoms with E-state index in [0.717, 1.165) is 30.1 Å². The summed E-state index contributed by atoms with van der Waals surface area (Å²) in [4.78, 5) is 32.6. The molecule has 4 rings (SSSR count). The molecule has 1 fully saturated rings. The molecule has 3 aromatic rings. The topological polar surface area (TPSA) is 110 Å². The van der Waals surface area contributed by atoms with Gasteiger partial charge in [-0.25, -0.2) is 15.0 Å². The third kappa shape index (κ3) is 3.70. The molecule has 2 N–H and O–H groups in total. The number of imidazole rings is 1. The van der Waals surface area contributed by atoms with Gasteiger partial charge in [0.25, 0.3) is 5.91 Å². The first-order valence-corrected chi connectivity index (χ1v) is 9.54. The van der Waals surface area contributed by atoms with Gasteiger partial charge >= 0.3 is 0 Å². The van der Waals surface area contributed by atoms with Crippen molar-refractivity contribution < 1.29 is 9.53 Å². The molecule has 0 aliphatic carbocycles. The Balaban J connectivity index is 1.57. The Labute approximate surface area is 168 Å². The number of anilines is 2. The second-order valence-electron chi connectivity index (χ2n) is 6.99. The summed E-state index contributed by atoms with van der Waals surface area (Å²) in [5.74, 6) is 0.864. The Bertz CT molecular complexity index is 1060. The number of hydrogen-bond donors (Lipinski definition) is 2. The molecule has 0 bridgehead atoms. The van der Waals surface area contributed by atoms with Crippen molar-refractivity contribution in [3.05, 3.63) is 35.5 Å². The number of fused-ring (bicyclic) bond motifs is 1. The van der Waals surface area contributed by atoms with E-state index in [0.29, 0.717) is 24.4 Å². The molecular formula is C19H24N8O2. The number of ether oxygens (including phenoxy) is 1. The van der Waals surface area contributed by atoms with Gasteiger partial charge in [0, 0.05) is 31.5 Å². The van der Waals surface area contributed by atoms with Gasteiger partial charge in [-0.15, -0.1) is 0 Å². The Kier molecular flexibility index (Phi) is 5.01. The van der Waals surface area contributed by atoms with Crippen LogP contribution in [0.3, 0.4) is 0 Å². The van der Waals surface area contributed by atoms with Crippen molar-refractivity contribution in [2.45, 2.75) is 26.8 Å². The van der Waals surface area contributed by atoms with Crippen molar-refractivity contribution >= 4 is 23.3 Å². The van der Waals surface area contributed by atoms with Gasteiger partial charge in [-0.1, -0.05) is 0 Å². The normalized spacial score (nSPS) is 14.1. The second kappa shape index (κ2) is 7.63. The summed E-state index contributed by atoms with van der Waals surface area (Å²) in [5.41, 5.74) is 2.64. The Morgan fingerprint density at radius 3 is 2.76 bits per heavy atom. The van der Waals surface area contributed by atoms with Crippen molar-refractivity contribution in [1.82, 2.24) is 29.7 Å². The van der Waals surface area contributed by atoms with Crippen LogP contribution in [0.15, 0.2) is 18.6 Å². The van der Waals surface area contributed by atoms with Crippen molar-refractivity contribution in [1.29, 1.82) is 0 Å².